The number of thiazole rings is 1. The van der Waals surface area contributed by atoms with Gasteiger partial charge < -0.3 is 0 Å². The molecule has 8 nitrogen and oxygen atoms in total. The standard InChI is InChI=1S/C14H14N6O2S/c1-7-8(2)20(13-15-5-6-23-13)12-16-10-9(19(7)12)11(21)18(4)14(22)17(10)3/h5-6H,1-4H3. The van der Waals surface area contributed by atoms with Crippen LogP contribution in [0.4, 0.5) is 0 Å². The summed E-state index contributed by atoms with van der Waals surface area (Å²) in [7, 11) is 3.09. The van der Waals surface area contributed by atoms with Crippen LogP contribution in [0.5, 0.6) is 0 Å². The number of hydrogen-bond acceptors (Lipinski definition) is 5. The molecule has 0 aromatic carbocycles. The van der Waals surface area contributed by atoms with E-state index in [2.05, 4.69) is 9.97 Å². The Morgan fingerprint density at radius 1 is 1.09 bits per heavy atom. The lowest BCUT2D eigenvalue weighted by Gasteiger charge is -2.03. The first kappa shape index (κ1) is 13.9. The quantitative estimate of drug-likeness (QED) is 0.516. The lowest BCUT2D eigenvalue weighted by atomic mass is 10.3. The summed E-state index contributed by atoms with van der Waals surface area (Å²) in [6.07, 6.45) is 1.72. The van der Waals surface area contributed by atoms with E-state index in [9.17, 15) is 9.59 Å². The molecule has 0 spiro atoms. The van der Waals surface area contributed by atoms with Gasteiger partial charge in [-0.15, -0.1) is 11.3 Å². The second-order valence-corrected chi connectivity index (χ2v) is 6.32. The smallest absolute Gasteiger partial charge is 0.279 e. The predicted molar refractivity (Wildman–Crippen MR) is 87.7 cm³/mol. The molecule has 0 aliphatic heterocycles. The number of fused-ring (bicyclic) bond motifs is 3. The molecule has 23 heavy (non-hydrogen) atoms. The Labute approximate surface area is 133 Å². The fourth-order valence-electron chi connectivity index (χ4n) is 2.88. The highest BCUT2D eigenvalue weighted by molar-refractivity contribution is 7.12. The maximum atomic E-state index is 12.6. The van der Waals surface area contributed by atoms with E-state index in [0.717, 1.165) is 21.1 Å². The average molecular weight is 330 g/mol. The van der Waals surface area contributed by atoms with E-state index in [-0.39, 0.29) is 5.56 Å². The highest BCUT2D eigenvalue weighted by Gasteiger charge is 2.22. The van der Waals surface area contributed by atoms with Gasteiger partial charge in [0.25, 0.3) is 5.56 Å². The molecule has 0 atom stereocenters. The third kappa shape index (κ3) is 1.59. The number of rotatable bonds is 1. The molecular formula is C14H14N6O2S. The first-order chi connectivity index (χ1) is 10.9. The van der Waals surface area contributed by atoms with Crippen molar-refractivity contribution in [3.05, 3.63) is 43.8 Å². The third-order valence-corrected chi connectivity index (χ3v) is 5.00. The molecule has 0 radical (unpaired) electrons. The summed E-state index contributed by atoms with van der Waals surface area (Å²) in [6.45, 7) is 3.89. The highest BCUT2D eigenvalue weighted by atomic mass is 32.1. The van der Waals surface area contributed by atoms with E-state index in [1.807, 2.05) is 23.8 Å². The van der Waals surface area contributed by atoms with Gasteiger partial charge in [0.05, 0.1) is 0 Å². The van der Waals surface area contributed by atoms with Crippen molar-refractivity contribution in [1.29, 1.82) is 0 Å². The molecule has 4 heterocycles. The Balaban J connectivity index is 2.32. The molecule has 0 aliphatic rings. The molecule has 4 rings (SSSR count). The zero-order valence-corrected chi connectivity index (χ0v) is 13.9. The minimum Gasteiger partial charge on any atom is -0.279 e. The second-order valence-electron chi connectivity index (χ2n) is 5.45. The molecule has 0 saturated heterocycles. The predicted octanol–water partition coefficient (Wildman–Crippen LogP) is 0.749. The topological polar surface area (TPSA) is 79.1 Å². The largest absolute Gasteiger partial charge is 0.332 e. The number of hydrogen-bond donors (Lipinski definition) is 0. The van der Waals surface area contributed by atoms with Gasteiger partial charge in [-0.1, -0.05) is 0 Å². The van der Waals surface area contributed by atoms with Crippen LogP contribution in [0.2, 0.25) is 0 Å². The van der Waals surface area contributed by atoms with Crippen molar-refractivity contribution in [2.75, 3.05) is 0 Å². The molecule has 4 aromatic rings. The Morgan fingerprint density at radius 3 is 2.48 bits per heavy atom. The molecule has 0 N–H and O–H groups in total. The van der Waals surface area contributed by atoms with Gasteiger partial charge in [-0.05, 0) is 13.8 Å². The summed E-state index contributed by atoms with van der Waals surface area (Å²) in [6, 6.07) is 0. The molecule has 118 valence electrons. The van der Waals surface area contributed by atoms with Crippen LogP contribution in [0.1, 0.15) is 11.4 Å². The van der Waals surface area contributed by atoms with E-state index >= 15 is 0 Å². The maximum absolute atomic E-state index is 12.6. The van der Waals surface area contributed by atoms with Gasteiger partial charge >= 0.3 is 5.69 Å². The van der Waals surface area contributed by atoms with E-state index in [1.54, 1.807) is 17.6 Å². The van der Waals surface area contributed by atoms with Gasteiger partial charge in [-0.25, -0.2) is 9.78 Å². The Kier molecular flexibility index (Phi) is 2.68. The summed E-state index contributed by atoms with van der Waals surface area (Å²) < 4.78 is 6.20. The fraction of sp³-hybridized carbons (Fsp3) is 0.286. The van der Waals surface area contributed by atoms with Gasteiger partial charge in [0.1, 0.15) is 0 Å². The van der Waals surface area contributed by atoms with Crippen molar-refractivity contribution < 1.29 is 0 Å². The van der Waals surface area contributed by atoms with E-state index < -0.39 is 5.69 Å². The molecule has 0 saturated carbocycles. The number of imidazole rings is 2. The van der Waals surface area contributed by atoms with Crippen molar-refractivity contribution in [3.8, 4) is 5.13 Å². The first-order valence-electron chi connectivity index (χ1n) is 6.99. The molecule has 4 aromatic heterocycles. The molecule has 9 heteroatoms. The minimum absolute atomic E-state index is 0.352. The summed E-state index contributed by atoms with van der Waals surface area (Å²) in [5.74, 6) is 0.586. The Bertz CT molecular complexity index is 1190. The maximum Gasteiger partial charge on any atom is 0.332 e. The number of nitrogens with zero attached hydrogens (tertiary/aromatic N) is 6. The van der Waals surface area contributed by atoms with Crippen LogP contribution in [0, 0.1) is 13.8 Å². The molecular weight excluding hydrogens is 316 g/mol. The van der Waals surface area contributed by atoms with Gasteiger partial charge in [-0.2, -0.15) is 4.98 Å². The van der Waals surface area contributed by atoms with Gasteiger partial charge in [0, 0.05) is 37.1 Å². The molecule has 0 aliphatic carbocycles. The van der Waals surface area contributed by atoms with Crippen molar-refractivity contribution >= 4 is 28.3 Å². The number of aromatic nitrogens is 6. The van der Waals surface area contributed by atoms with Crippen molar-refractivity contribution in [2.24, 2.45) is 14.1 Å². The fourth-order valence-corrected chi connectivity index (χ4v) is 3.57. The summed E-state index contributed by atoms with van der Waals surface area (Å²) >= 11 is 1.49. The molecule has 0 amide bonds. The van der Waals surface area contributed by atoms with Crippen LogP contribution in [0.25, 0.3) is 22.1 Å². The molecule has 0 fully saturated rings. The van der Waals surface area contributed by atoms with E-state index in [1.165, 1.54) is 23.0 Å². The Morgan fingerprint density at radius 2 is 1.83 bits per heavy atom. The van der Waals surface area contributed by atoms with Gasteiger partial charge in [0.15, 0.2) is 16.3 Å². The minimum atomic E-state index is -0.390. The second kappa shape index (κ2) is 4.42. The van der Waals surface area contributed by atoms with Crippen LogP contribution >= 0.6 is 11.3 Å². The summed E-state index contributed by atoms with van der Waals surface area (Å²) in [4.78, 5) is 33.6. The average Bonchev–Trinajstić information content (AvgIpc) is 3.22. The third-order valence-electron chi connectivity index (χ3n) is 4.25. The SMILES string of the molecule is Cc1c(C)n2c3c(=O)n(C)c(=O)n(C)c3nc2n1-c1nccs1. The van der Waals surface area contributed by atoms with Crippen LogP contribution in [-0.2, 0) is 14.1 Å². The lowest BCUT2D eigenvalue weighted by Crippen LogP contribution is -2.37. The molecule has 0 bridgehead atoms. The first-order valence-corrected chi connectivity index (χ1v) is 7.87. The van der Waals surface area contributed by atoms with Crippen molar-refractivity contribution in [3.63, 3.8) is 0 Å². The van der Waals surface area contributed by atoms with Crippen molar-refractivity contribution in [1.82, 2.24) is 28.1 Å². The van der Waals surface area contributed by atoms with Crippen LogP contribution in [-0.4, -0.2) is 28.1 Å². The zero-order valence-electron chi connectivity index (χ0n) is 13.1. The van der Waals surface area contributed by atoms with Gasteiger partial charge in [-0.3, -0.25) is 22.9 Å². The number of aryl methyl sites for hydroxylation is 2. The lowest BCUT2D eigenvalue weighted by molar-refractivity contribution is 0.707. The molecule has 0 unspecified atom stereocenters. The summed E-state index contributed by atoms with van der Waals surface area (Å²) in [5, 5.41) is 2.66. The summed E-state index contributed by atoms with van der Waals surface area (Å²) in [5.41, 5.74) is 1.89. The van der Waals surface area contributed by atoms with E-state index in [4.69, 9.17) is 0 Å². The highest BCUT2D eigenvalue weighted by Crippen LogP contribution is 2.25. The van der Waals surface area contributed by atoms with Crippen molar-refractivity contribution in [2.45, 2.75) is 13.8 Å². The Hall–Kier alpha value is -2.68. The van der Waals surface area contributed by atoms with Crippen LogP contribution in [0.3, 0.4) is 0 Å². The van der Waals surface area contributed by atoms with E-state index in [0.29, 0.717) is 16.9 Å². The van der Waals surface area contributed by atoms with Crippen LogP contribution < -0.4 is 11.2 Å². The monoisotopic (exact) mass is 330 g/mol. The van der Waals surface area contributed by atoms with Gasteiger partial charge in [0.2, 0.25) is 5.78 Å². The normalized spacial score (nSPS) is 11.8. The zero-order chi connectivity index (χ0) is 16.5. The van der Waals surface area contributed by atoms with Crippen LogP contribution in [0.15, 0.2) is 21.2 Å².